The monoisotopic (exact) mass is 533 g/mol. The van der Waals surface area contributed by atoms with Crippen molar-refractivity contribution in [1.29, 1.82) is 0 Å². The van der Waals surface area contributed by atoms with Crippen LogP contribution in [0.4, 0.5) is 4.79 Å². The quantitative estimate of drug-likeness (QED) is 0.178. The number of likely N-dealkylation sites (tertiary alicyclic amines) is 1. The Hall–Kier alpha value is -2.88. The highest BCUT2D eigenvalue weighted by Gasteiger charge is 2.62. The number of amides is 3. The van der Waals surface area contributed by atoms with E-state index in [1.807, 2.05) is 6.08 Å². The number of hydrogen-bond donors (Lipinski definition) is 3. The molecule has 3 aliphatic rings. The van der Waals surface area contributed by atoms with Crippen LogP contribution in [-0.4, -0.2) is 76.9 Å². The predicted molar refractivity (Wildman–Crippen MR) is 141 cm³/mol. The lowest BCUT2D eigenvalue weighted by atomic mass is 10.0. The summed E-state index contributed by atoms with van der Waals surface area (Å²) in [7, 11) is 0. The van der Waals surface area contributed by atoms with Crippen molar-refractivity contribution in [1.82, 2.24) is 15.5 Å². The van der Waals surface area contributed by atoms with Gasteiger partial charge in [-0.1, -0.05) is 25.0 Å². The van der Waals surface area contributed by atoms with Crippen molar-refractivity contribution in [3.05, 3.63) is 25.3 Å². The van der Waals surface area contributed by atoms with Crippen LogP contribution in [0, 0.1) is 5.92 Å². The lowest BCUT2D eigenvalue weighted by Gasteiger charge is -2.30. The minimum atomic E-state index is -1.20. The van der Waals surface area contributed by atoms with Gasteiger partial charge in [-0.05, 0) is 58.3 Å². The summed E-state index contributed by atoms with van der Waals surface area (Å²) in [5.74, 6) is -1.79. The number of nitrogens with zero attached hydrogens (tertiary/aromatic N) is 1. The molecule has 10 nitrogen and oxygen atoms in total. The van der Waals surface area contributed by atoms with E-state index < -0.39 is 47.6 Å². The number of aliphatic hydroxyl groups is 1. The van der Waals surface area contributed by atoms with E-state index >= 15 is 0 Å². The number of esters is 1. The highest BCUT2D eigenvalue weighted by Crippen LogP contribution is 2.45. The molecule has 212 valence electrons. The molecule has 38 heavy (non-hydrogen) atoms. The Morgan fingerprint density at radius 1 is 1.16 bits per heavy atom. The summed E-state index contributed by atoms with van der Waals surface area (Å²) in [4.78, 5) is 53.6. The normalized spacial score (nSPS) is 27.3. The average molecular weight is 534 g/mol. The van der Waals surface area contributed by atoms with Gasteiger partial charge in [0.15, 0.2) is 0 Å². The van der Waals surface area contributed by atoms with E-state index in [-0.39, 0.29) is 31.6 Å². The smallest absolute Gasteiger partial charge is 0.408 e. The number of allylic oxidation sites excluding steroid dienone is 1. The van der Waals surface area contributed by atoms with E-state index in [0.717, 1.165) is 44.9 Å². The zero-order valence-electron chi connectivity index (χ0n) is 22.5. The lowest BCUT2D eigenvalue weighted by Crippen LogP contribution is -2.56. The van der Waals surface area contributed by atoms with E-state index in [1.54, 1.807) is 13.0 Å². The molecule has 0 aromatic rings. The topological polar surface area (TPSA) is 134 Å². The van der Waals surface area contributed by atoms with Crippen LogP contribution in [0.15, 0.2) is 25.3 Å². The van der Waals surface area contributed by atoms with Crippen molar-refractivity contribution >= 4 is 23.9 Å². The Kier molecular flexibility index (Phi) is 10.8. The molecule has 1 unspecified atom stereocenters. The van der Waals surface area contributed by atoms with Crippen LogP contribution in [0.3, 0.4) is 0 Å². The molecule has 1 saturated heterocycles. The fraction of sp³-hybridized carbons (Fsp3) is 0.714. The van der Waals surface area contributed by atoms with Crippen LogP contribution < -0.4 is 10.6 Å². The fourth-order valence-electron chi connectivity index (χ4n) is 5.48. The molecule has 10 heteroatoms. The Balaban J connectivity index is 1.70. The number of carbonyl (C=O) groups excluding carboxylic acids is 4. The van der Waals surface area contributed by atoms with Crippen molar-refractivity contribution in [3.63, 3.8) is 0 Å². The molecule has 1 heterocycles. The first-order valence-electron chi connectivity index (χ1n) is 13.9. The second-order valence-corrected chi connectivity index (χ2v) is 10.6. The molecule has 2 saturated carbocycles. The van der Waals surface area contributed by atoms with Crippen molar-refractivity contribution in [3.8, 4) is 0 Å². The van der Waals surface area contributed by atoms with Gasteiger partial charge in [-0.25, -0.2) is 9.59 Å². The first-order chi connectivity index (χ1) is 18.2. The van der Waals surface area contributed by atoms with Crippen molar-refractivity contribution in [2.24, 2.45) is 5.92 Å². The number of carbonyl (C=O) groups is 4. The molecule has 3 amide bonds. The van der Waals surface area contributed by atoms with E-state index in [0.29, 0.717) is 19.3 Å². The highest BCUT2D eigenvalue weighted by atomic mass is 16.6. The van der Waals surface area contributed by atoms with Gasteiger partial charge in [0.2, 0.25) is 11.8 Å². The largest absolute Gasteiger partial charge is 0.464 e. The lowest BCUT2D eigenvalue weighted by molar-refractivity contribution is -0.150. The summed E-state index contributed by atoms with van der Waals surface area (Å²) in [5.41, 5.74) is -1.20. The highest BCUT2D eigenvalue weighted by molar-refractivity contribution is 5.96. The van der Waals surface area contributed by atoms with Gasteiger partial charge in [-0.3, -0.25) is 9.59 Å². The third kappa shape index (κ3) is 7.36. The van der Waals surface area contributed by atoms with Gasteiger partial charge in [0.25, 0.3) is 0 Å². The molecule has 0 aromatic carbocycles. The summed E-state index contributed by atoms with van der Waals surface area (Å²) in [5, 5.41) is 15.9. The maximum Gasteiger partial charge on any atom is 0.408 e. The van der Waals surface area contributed by atoms with E-state index in [4.69, 9.17) is 9.47 Å². The number of hydrogen-bond acceptors (Lipinski definition) is 7. The number of nitrogens with one attached hydrogen (secondary N) is 2. The van der Waals surface area contributed by atoms with Crippen molar-refractivity contribution < 1.29 is 33.8 Å². The predicted octanol–water partition coefficient (Wildman–Crippen LogP) is 2.75. The van der Waals surface area contributed by atoms with Gasteiger partial charge in [0, 0.05) is 18.9 Å². The first kappa shape index (κ1) is 29.7. The van der Waals surface area contributed by atoms with Crippen LogP contribution in [-0.2, 0) is 23.9 Å². The molecular weight excluding hydrogens is 490 g/mol. The molecular formula is C28H43N3O7. The standard InChI is InChI=1S/C28H43N3O7/c1-4-7-8-9-10-15-22(29-27(36)38-21-13-11-12-14-21)25(34)31-18-20(32)16-23(31)24(33)30-28(17-19(28)5-2)26(35)37-6-3/h4-5,19-23,32H,1-2,6-18H2,3H3,(H,29,36)(H,30,33)/t19?,20-,22-,23-,28+/m0/s1. The molecule has 3 fully saturated rings. The molecule has 5 atom stereocenters. The maximum atomic E-state index is 13.7. The molecule has 0 radical (unpaired) electrons. The van der Waals surface area contributed by atoms with Crippen LogP contribution in [0.5, 0.6) is 0 Å². The zero-order chi connectivity index (χ0) is 27.7. The molecule has 1 aliphatic heterocycles. The van der Waals surface area contributed by atoms with Crippen LogP contribution in [0.2, 0.25) is 0 Å². The SMILES string of the molecule is C=CCCCCC[C@H](NC(=O)OC1CCCC1)C(=O)N1C[C@@H](O)C[C@H]1C(=O)N[C@]1(C(=O)OCC)CC1C=C. The first-order valence-corrected chi connectivity index (χ1v) is 13.9. The van der Waals surface area contributed by atoms with Gasteiger partial charge in [0.1, 0.15) is 23.7 Å². The van der Waals surface area contributed by atoms with Crippen LogP contribution in [0.25, 0.3) is 0 Å². The minimum absolute atomic E-state index is 0.0355. The van der Waals surface area contributed by atoms with Gasteiger partial charge < -0.3 is 30.1 Å². The molecule has 3 rings (SSSR count). The second-order valence-electron chi connectivity index (χ2n) is 10.6. The van der Waals surface area contributed by atoms with Gasteiger partial charge in [-0.2, -0.15) is 0 Å². The third-order valence-electron chi connectivity index (χ3n) is 7.72. The molecule has 0 aromatic heterocycles. The Bertz CT molecular complexity index is 888. The summed E-state index contributed by atoms with van der Waals surface area (Å²) in [6.07, 6.45) is 9.48. The Labute approximate surface area is 225 Å². The molecule has 0 bridgehead atoms. The van der Waals surface area contributed by atoms with E-state index in [9.17, 15) is 24.3 Å². The summed E-state index contributed by atoms with van der Waals surface area (Å²) in [6.45, 7) is 9.28. The van der Waals surface area contributed by atoms with Gasteiger partial charge >= 0.3 is 12.1 Å². The molecule has 2 aliphatic carbocycles. The summed E-state index contributed by atoms with van der Waals surface area (Å²) in [6, 6.07) is -1.88. The Morgan fingerprint density at radius 2 is 1.89 bits per heavy atom. The Morgan fingerprint density at radius 3 is 2.53 bits per heavy atom. The summed E-state index contributed by atoms with van der Waals surface area (Å²) >= 11 is 0. The number of β-amino-alcohol motifs (C(OH)–C–C–N with tert-alkyl or cyclic N) is 1. The fourth-order valence-corrected chi connectivity index (χ4v) is 5.48. The van der Waals surface area contributed by atoms with Gasteiger partial charge in [0.05, 0.1) is 12.7 Å². The maximum absolute atomic E-state index is 13.7. The third-order valence-corrected chi connectivity index (χ3v) is 7.72. The number of aliphatic hydroxyl groups excluding tert-OH is 1. The van der Waals surface area contributed by atoms with Crippen LogP contribution >= 0.6 is 0 Å². The van der Waals surface area contributed by atoms with Crippen molar-refractivity contribution in [2.45, 2.75) is 107 Å². The molecule has 3 N–H and O–H groups in total. The number of ether oxygens (including phenoxy) is 2. The average Bonchev–Trinajstić information content (AvgIpc) is 3.16. The minimum Gasteiger partial charge on any atom is -0.464 e. The second kappa shape index (κ2) is 13.8. The van der Waals surface area contributed by atoms with E-state index in [2.05, 4.69) is 23.8 Å². The van der Waals surface area contributed by atoms with Crippen molar-refractivity contribution in [2.75, 3.05) is 13.2 Å². The van der Waals surface area contributed by atoms with E-state index in [1.165, 1.54) is 4.90 Å². The van der Waals surface area contributed by atoms with Crippen LogP contribution in [0.1, 0.15) is 77.6 Å². The van der Waals surface area contributed by atoms with Gasteiger partial charge in [-0.15, -0.1) is 13.2 Å². The number of unbranched alkanes of at least 4 members (excludes halogenated alkanes) is 3. The molecule has 0 spiro atoms. The number of alkyl carbamates (subject to hydrolysis) is 1. The zero-order valence-corrected chi connectivity index (χ0v) is 22.5. The number of rotatable bonds is 14. The summed E-state index contributed by atoms with van der Waals surface area (Å²) < 4.78 is 10.7.